The van der Waals surface area contributed by atoms with Crippen molar-refractivity contribution < 1.29 is 19.0 Å². The first-order valence-corrected chi connectivity index (χ1v) is 8.04. The van der Waals surface area contributed by atoms with Crippen molar-refractivity contribution in [2.24, 2.45) is 5.10 Å². The molecule has 0 aliphatic carbocycles. The minimum Gasteiger partial charge on any atom is -0.491 e. The highest BCUT2D eigenvalue weighted by Crippen LogP contribution is 2.32. The summed E-state index contributed by atoms with van der Waals surface area (Å²) in [6.07, 6.45) is 0.0913. The Bertz CT molecular complexity index is 798. The molecule has 0 bridgehead atoms. The smallest absolute Gasteiger partial charge is 0.271 e. The minimum absolute atomic E-state index is 0.0913. The van der Waals surface area contributed by atoms with Crippen LogP contribution in [-0.4, -0.2) is 24.5 Å². The summed E-state index contributed by atoms with van der Waals surface area (Å²) in [6, 6.07) is 12.5. The molecule has 0 unspecified atom stereocenters. The Morgan fingerprint density at radius 1 is 1.08 bits per heavy atom. The third kappa shape index (κ3) is 4.09. The maximum absolute atomic E-state index is 12.2. The fraction of sp³-hybridized carbons (Fsp3) is 0.263. The third-order valence-electron chi connectivity index (χ3n) is 3.60. The van der Waals surface area contributed by atoms with Crippen molar-refractivity contribution in [1.29, 1.82) is 0 Å². The quantitative estimate of drug-likeness (QED) is 0.669. The fourth-order valence-electron chi connectivity index (χ4n) is 2.34. The molecule has 130 valence electrons. The van der Waals surface area contributed by atoms with Gasteiger partial charge in [-0.1, -0.05) is 0 Å². The summed E-state index contributed by atoms with van der Waals surface area (Å²) in [5.41, 5.74) is 4.60. The van der Waals surface area contributed by atoms with Crippen molar-refractivity contribution in [2.75, 3.05) is 6.79 Å². The number of hydrogen-bond acceptors (Lipinski definition) is 5. The van der Waals surface area contributed by atoms with E-state index in [-0.39, 0.29) is 18.8 Å². The lowest BCUT2D eigenvalue weighted by atomic mass is 10.1. The van der Waals surface area contributed by atoms with Gasteiger partial charge in [-0.2, -0.15) is 5.10 Å². The van der Waals surface area contributed by atoms with Gasteiger partial charge in [-0.05, 0) is 63.2 Å². The molecule has 6 heteroatoms. The molecule has 2 aromatic carbocycles. The average molecular weight is 340 g/mol. The maximum atomic E-state index is 12.2. The molecule has 1 heterocycles. The van der Waals surface area contributed by atoms with Crippen LogP contribution in [0.2, 0.25) is 0 Å². The van der Waals surface area contributed by atoms with Crippen LogP contribution in [0.5, 0.6) is 17.2 Å². The van der Waals surface area contributed by atoms with Crippen molar-refractivity contribution in [1.82, 2.24) is 5.43 Å². The molecule has 3 rings (SSSR count). The van der Waals surface area contributed by atoms with Gasteiger partial charge in [0.25, 0.3) is 5.91 Å². The zero-order valence-corrected chi connectivity index (χ0v) is 14.4. The van der Waals surface area contributed by atoms with Crippen LogP contribution < -0.4 is 19.6 Å². The highest BCUT2D eigenvalue weighted by molar-refractivity contribution is 6.01. The highest BCUT2D eigenvalue weighted by Gasteiger charge is 2.14. The largest absolute Gasteiger partial charge is 0.491 e. The normalized spacial score (nSPS) is 13.0. The first-order valence-electron chi connectivity index (χ1n) is 8.04. The van der Waals surface area contributed by atoms with Gasteiger partial charge in [-0.3, -0.25) is 4.79 Å². The van der Waals surface area contributed by atoms with Crippen LogP contribution in [-0.2, 0) is 0 Å². The molecule has 0 saturated carbocycles. The highest BCUT2D eigenvalue weighted by atomic mass is 16.7. The summed E-state index contributed by atoms with van der Waals surface area (Å²) in [5, 5.41) is 4.16. The fourth-order valence-corrected chi connectivity index (χ4v) is 2.34. The molecule has 1 N–H and O–H groups in total. The van der Waals surface area contributed by atoms with Crippen LogP contribution in [0.4, 0.5) is 0 Å². The molecule has 0 atom stereocenters. The first-order chi connectivity index (χ1) is 12.0. The van der Waals surface area contributed by atoms with E-state index in [0.29, 0.717) is 22.8 Å². The number of ether oxygens (including phenoxy) is 3. The van der Waals surface area contributed by atoms with Gasteiger partial charge in [-0.25, -0.2) is 5.43 Å². The summed E-state index contributed by atoms with van der Waals surface area (Å²) in [7, 11) is 0. The minimum atomic E-state index is -0.281. The topological polar surface area (TPSA) is 69.2 Å². The number of amides is 1. The number of fused-ring (bicyclic) bond motifs is 1. The molecule has 1 aliphatic rings. The Morgan fingerprint density at radius 2 is 1.76 bits per heavy atom. The van der Waals surface area contributed by atoms with Crippen LogP contribution in [0.1, 0.15) is 36.7 Å². The van der Waals surface area contributed by atoms with Crippen molar-refractivity contribution >= 4 is 11.6 Å². The van der Waals surface area contributed by atoms with Crippen molar-refractivity contribution in [3.63, 3.8) is 0 Å². The molecule has 6 nitrogen and oxygen atoms in total. The molecule has 1 aliphatic heterocycles. The standard InChI is InChI=1S/C19H20N2O4/c1-12(2)25-16-7-4-14(5-8-16)19(22)21-20-13(3)15-6-9-17-18(10-15)24-11-23-17/h4-10,12H,11H2,1-3H3,(H,21,22)/b20-13-. The number of benzene rings is 2. The lowest BCUT2D eigenvalue weighted by Crippen LogP contribution is -2.19. The molecule has 0 aromatic heterocycles. The summed E-state index contributed by atoms with van der Waals surface area (Å²) >= 11 is 0. The summed E-state index contributed by atoms with van der Waals surface area (Å²) in [6.45, 7) is 5.95. The van der Waals surface area contributed by atoms with Gasteiger partial charge in [0.05, 0.1) is 11.8 Å². The molecule has 0 spiro atoms. The van der Waals surface area contributed by atoms with Crippen molar-refractivity contribution in [3.8, 4) is 17.2 Å². The first kappa shape index (κ1) is 16.8. The number of nitrogens with one attached hydrogen (secondary N) is 1. The van der Waals surface area contributed by atoms with E-state index in [4.69, 9.17) is 14.2 Å². The second-order valence-corrected chi connectivity index (χ2v) is 5.90. The van der Waals surface area contributed by atoms with Crippen molar-refractivity contribution in [2.45, 2.75) is 26.9 Å². The predicted octanol–water partition coefficient (Wildman–Crippen LogP) is 3.36. The Morgan fingerprint density at radius 3 is 2.48 bits per heavy atom. The number of nitrogens with zero attached hydrogens (tertiary/aromatic N) is 1. The monoisotopic (exact) mass is 340 g/mol. The van der Waals surface area contributed by atoms with E-state index in [1.807, 2.05) is 39.0 Å². The van der Waals surface area contributed by atoms with Crippen molar-refractivity contribution in [3.05, 3.63) is 53.6 Å². The molecule has 0 radical (unpaired) electrons. The predicted molar refractivity (Wildman–Crippen MR) is 94.4 cm³/mol. The second-order valence-electron chi connectivity index (χ2n) is 5.90. The molecular formula is C19H20N2O4. The zero-order chi connectivity index (χ0) is 17.8. The van der Waals surface area contributed by atoms with Crippen LogP contribution in [0, 0.1) is 0 Å². The van der Waals surface area contributed by atoms with E-state index in [9.17, 15) is 4.79 Å². The maximum Gasteiger partial charge on any atom is 0.271 e. The Labute approximate surface area is 146 Å². The van der Waals surface area contributed by atoms with Gasteiger partial charge in [0, 0.05) is 11.1 Å². The number of hydrogen-bond donors (Lipinski definition) is 1. The Kier molecular flexibility index (Phi) is 4.88. The summed E-state index contributed by atoms with van der Waals surface area (Å²) in [4.78, 5) is 12.2. The van der Waals surface area contributed by atoms with Gasteiger partial charge >= 0.3 is 0 Å². The van der Waals surface area contributed by atoms with Crippen LogP contribution in [0.15, 0.2) is 47.6 Å². The van der Waals surface area contributed by atoms with Gasteiger partial charge in [0.2, 0.25) is 6.79 Å². The van der Waals surface area contributed by atoms with Crippen LogP contribution in [0.25, 0.3) is 0 Å². The zero-order valence-electron chi connectivity index (χ0n) is 14.4. The van der Waals surface area contributed by atoms with E-state index < -0.39 is 0 Å². The lowest BCUT2D eigenvalue weighted by molar-refractivity contribution is 0.0955. The SMILES string of the molecule is C/C(=N/NC(=O)c1ccc(OC(C)C)cc1)c1ccc2c(c1)OCO2. The van der Waals surface area contributed by atoms with E-state index in [1.54, 1.807) is 24.3 Å². The molecule has 2 aromatic rings. The number of carbonyl (C=O) groups is 1. The summed E-state index contributed by atoms with van der Waals surface area (Å²) in [5.74, 6) is 1.84. The second kappa shape index (κ2) is 7.25. The van der Waals surface area contributed by atoms with Gasteiger partial charge in [0.15, 0.2) is 11.5 Å². The summed E-state index contributed by atoms with van der Waals surface area (Å²) < 4.78 is 16.2. The molecular weight excluding hydrogens is 320 g/mol. The van der Waals surface area contributed by atoms with E-state index in [2.05, 4.69) is 10.5 Å². The van der Waals surface area contributed by atoms with Gasteiger partial charge in [0.1, 0.15) is 5.75 Å². The van der Waals surface area contributed by atoms with Crippen LogP contribution in [0.3, 0.4) is 0 Å². The number of hydrazone groups is 1. The van der Waals surface area contributed by atoms with Gasteiger partial charge in [-0.15, -0.1) is 0 Å². The molecule has 0 fully saturated rings. The average Bonchev–Trinajstić information content (AvgIpc) is 3.07. The van der Waals surface area contributed by atoms with E-state index >= 15 is 0 Å². The Balaban J connectivity index is 1.65. The number of carbonyl (C=O) groups excluding carboxylic acids is 1. The third-order valence-corrected chi connectivity index (χ3v) is 3.60. The lowest BCUT2D eigenvalue weighted by Gasteiger charge is -2.09. The number of rotatable bonds is 5. The molecule has 1 amide bonds. The molecule has 0 saturated heterocycles. The molecule has 25 heavy (non-hydrogen) atoms. The van der Waals surface area contributed by atoms with E-state index in [0.717, 1.165) is 11.3 Å². The van der Waals surface area contributed by atoms with Gasteiger partial charge < -0.3 is 14.2 Å². The Hall–Kier alpha value is -3.02. The van der Waals surface area contributed by atoms with E-state index in [1.165, 1.54) is 0 Å². The van der Waals surface area contributed by atoms with Crippen LogP contribution >= 0.6 is 0 Å².